The highest BCUT2D eigenvalue weighted by atomic mass is 16.5. The van der Waals surface area contributed by atoms with Crippen molar-refractivity contribution in [3.05, 3.63) is 119 Å². The van der Waals surface area contributed by atoms with Gasteiger partial charge in [-0.2, -0.15) is 4.98 Å². The maximum Gasteiger partial charge on any atom is 0.249 e. The van der Waals surface area contributed by atoms with Crippen LogP contribution in [0.5, 0.6) is 5.75 Å². The van der Waals surface area contributed by atoms with Crippen LogP contribution in [-0.2, 0) is 24.1 Å². The van der Waals surface area contributed by atoms with Crippen LogP contribution in [0.3, 0.4) is 0 Å². The lowest BCUT2D eigenvalue weighted by Gasteiger charge is -2.19. The molecule has 5 aromatic rings. The molecule has 5 N–H and O–H groups in total. The Kier molecular flexibility index (Phi) is 8.55. The number of H-pyrrole nitrogens is 1. The number of amides is 1. The van der Waals surface area contributed by atoms with Gasteiger partial charge >= 0.3 is 0 Å². The zero-order valence-electron chi connectivity index (χ0n) is 23.2. The first-order valence-corrected chi connectivity index (χ1v) is 13.6. The van der Waals surface area contributed by atoms with Crippen LogP contribution in [0.25, 0.3) is 11.1 Å². The lowest BCUT2D eigenvalue weighted by Crippen LogP contribution is -2.44. The molecule has 2 atom stereocenters. The van der Waals surface area contributed by atoms with Crippen molar-refractivity contribution in [2.75, 3.05) is 0 Å². The number of benzene rings is 3. The van der Waals surface area contributed by atoms with E-state index in [0.29, 0.717) is 37.4 Å². The summed E-state index contributed by atoms with van der Waals surface area (Å²) in [5, 5.41) is 17.1. The monoisotopic (exact) mass is 550 g/mol. The number of carbonyl (C=O) groups excluding carboxylic acids is 1. The molecule has 0 saturated carbocycles. The van der Waals surface area contributed by atoms with E-state index in [-0.39, 0.29) is 11.7 Å². The first kappa shape index (κ1) is 27.8. The third kappa shape index (κ3) is 7.06. The molecule has 2 heterocycles. The molecular weight excluding hydrogens is 516 g/mol. The van der Waals surface area contributed by atoms with Gasteiger partial charge in [0.15, 0.2) is 5.82 Å². The molecule has 5 rings (SSSR count). The maximum atomic E-state index is 13.2. The van der Waals surface area contributed by atoms with E-state index in [0.717, 1.165) is 39.1 Å². The number of hydrogen-bond donors (Lipinski definition) is 4. The molecule has 1 amide bonds. The second kappa shape index (κ2) is 12.6. The lowest BCUT2D eigenvalue weighted by atomic mass is 9.95. The number of aromatic nitrogens is 4. The quantitative estimate of drug-likeness (QED) is 0.186. The van der Waals surface area contributed by atoms with Gasteiger partial charge in [-0.3, -0.25) is 4.79 Å². The second-order valence-electron chi connectivity index (χ2n) is 10.3. The van der Waals surface area contributed by atoms with E-state index in [1.807, 2.05) is 32.0 Å². The molecule has 0 unspecified atom stereocenters. The minimum absolute atomic E-state index is 0.194. The predicted octanol–water partition coefficient (Wildman–Crippen LogP) is 4.73. The summed E-state index contributed by atoms with van der Waals surface area (Å²) in [7, 11) is 0. The Hall–Kier alpha value is -4.76. The van der Waals surface area contributed by atoms with Gasteiger partial charge < -0.3 is 25.7 Å². The van der Waals surface area contributed by atoms with Crippen LogP contribution in [0.2, 0.25) is 0 Å². The van der Waals surface area contributed by atoms with Crippen molar-refractivity contribution in [2.45, 2.75) is 51.6 Å². The number of nitrogens with one attached hydrogen (secondary N) is 2. The van der Waals surface area contributed by atoms with Crippen LogP contribution in [0.4, 0.5) is 0 Å². The summed E-state index contributed by atoms with van der Waals surface area (Å²) in [6.07, 6.45) is 5.35. The van der Waals surface area contributed by atoms with Crippen LogP contribution in [0.1, 0.15) is 52.1 Å². The van der Waals surface area contributed by atoms with Crippen molar-refractivity contribution >= 4 is 5.91 Å². The van der Waals surface area contributed by atoms with Crippen molar-refractivity contribution in [1.82, 2.24) is 25.4 Å². The molecule has 0 aliphatic rings. The Morgan fingerprint density at radius 3 is 2.44 bits per heavy atom. The van der Waals surface area contributed by atoms with Crippen LogP contribution in [-0.4, -0.2) is 37.2 Å². The molecule has 9 nitrogen and oxygen atoms in total. The molecule has 2 aromatic heterocycles. The van der Waals surface area contributed by atoms with Crippen LogP contribution in [0, 0.1) is 13.8 Å². The molecular formula is C32H34N6O3. The van der Waals surface area contributed by atoms with Gasteiger partial charge in [-0.25, -0.2) is 4.98 Å². The molecule has 41 heavy (non-hydrogen) atoms. The Balaban J connectivity index is 1.28. The number of rotatable bonds is 11. The lowest BCUT2D eigenvalue weighted by molar-refractivity contribution is -0.123. The van der Waals surface area contributed by atoms with Gasteiger partial charge in [-0.05, 0) is 78.6 Å². The summed E-state index contributed by atoms with van der Waals surface area (Å²) in [5.41, 5.74) is 13.3. The first-order chi connectivity index (χ1) is 19.9. The minimum Gasteiger partial charge on any atom is -0.508 e. The normalized spacial score (nSPS) is 12.7. The maximum absolute atomic E-state index is 13.2. The van der Waals surface area contributed by atoms with Crippen molar-refractivity contribution < 1.29 is 14.4 Å². The summed E-state index contributed by atoms with van der Waals surface area (Å²) in [6, 6.07) is 20.5. The molecule has 0 aliphatic carbocycles. The number of phenols is 1. The van der Waals surface area contributed by atoms with Gasteiger partial charge in [-0.1, -0.05) is 59.8 Å². The molecule has 3 aromatic carbocycles. The molecule has 0 saturated heterocycles. The van der Waals surface area contributed by atoms with Gasteiger partial charge in [0.25, 0.3) is 0 Å². The summed E-state index contributed by atoms with van der Waals surface area (Å²) >= 11 is 0. The highest BCUT2D eigenvalue weighted by Crippen LogP contribution is 2.24. The van der Waals surface area contributed by atoms with Crippen molar-refractivity contribution in [3.63, 3.8) is 0 Å². The van der Waals surface area contributed by atoms with E-state index in [9.17, 15) is 9.90 Å². The predicted molar refractivity (Wildman–Crippen MR) is 156 cm³/mol. The molecule has 9 heteroatoms. The topological polar surface area (TPSA) is 143 Å². The van der Waals surface area contributed by atoms with Crippen molar-refractivity contribution in [2.24, 2.45) is 5.73 Å². The molecule has 0 spiro atoms. The van der Waals surface area contributed by atoms with Gasteiger partial charge in [0.1, 0.15) is 11.8 Å². The summed E-state index contributed by atoms with van der Waals surface area (Å²) < 4.78 is 5.64. The number of carbonyl (C=O) groups is 1. The van der Waals surface area contributed by atoms with Crippen molar-refractivity contribution in [1.29, 1.82) is 0 Å². The number of aryl methyl sites for hydroxylation is 3. The van der Waals surface area contributed by atoms with E-state index in [1.54, 1.807) is 24.7 Å². The number of hydrogen-bond acceptors (Lipinski definition) is 7. The van der Waals surface area contributed by atoms with Gasteiger partial charge in [-0.15, -0.1) is 0 Å². The smallest absolute Gasteiger partial charge is 0.249 e. The number of nitrogens with two attached hydrogens (primary N) is 1. The average Bonchev–Trinajstić information content (AvgIpc) is 3.66. The average molecular weight is 551 g/mol. The third-order valence-corrected chi connectivity index (χ3v) is 7.22. The largest absolute Gasteiger partial charge is 0.508 e. The number of aromatic amines is 1. The van der Waals surface area contributed by atoms with Crippen molar-refractivity contribution in [3.8, 4) is 16.9 Å². The Bertz CT molecular complexity index is 1560. The molecule has 0 bridgehead atoms. The minimum atomic E-state index is -0.794. The van der Waals surface area contributed by atoms with Gasteiger partial charge in [0, 0.05) is 18.3 Å². The number of phenolic OH excluding ortho intramolecular Hbond substituents is 1. The summed E-state index contributed by atoms with van der Waals surface area (Å²) in [5.74, 6) is 0.744. The SMILES string of the molecule is Cc1cc(O)cc(C)c1C[C@H](N)C(=O)N[C@@H](CCc1cnc[nH]1)c1nc(Cc2ccc(-c3ccccc3)cc2)no1. The summed E-state index contributed by atoms with van der Waals surface area (Å²) in [6.45, 7) is 3.80. The molecule has 0 aliphatic heterocycles. The number of imidazole rings is 1. The first-order valence-electron chi connectivity index (χ1n) is 13.6. The third-order valence-electron chi connectivity index (χ3n) is 7.22. The highest BCUT2D eigenvalue weighted by molar-refractivity contribution is 5.82. The zero-order valence-corrected chi connectivity index (χ0v) is 23.2. The number of nitrogens with zero attached hydrogens (tertiary/aromatic N) is 3. The Morgan fingerprint density at radius 2 is 1.76 bits per heavy atom. The van der Waals surface area contributed by atoms with Crippen LogP contribution >= 0.6 is 0 Å². The van der Waals surface area contributed by atoms with Gasteiger partial charge in [0.2, 0.25) is 11.8 Å². The highest BCUT2D eigenvalue weighted by Gasteiger charge is 2.25. The molecule has 210 valence electrons. The zero-order chi connectivity index (χ0) is 28.8. The second-order valence-corrected chi connectivity index (χ2v) is 10.3. The van der Waals surface area contributed by atoms with E-state index in [4.69, 9.17) is 10.3 Å². The standard InChI is InChI=1S/C32H34N6O3/c1-20-14-26(39)15-21(2)27(20)17-28(33)31(40)36-29(13-12-25-18-34-19-35-25)32-37-30(38-41-32)16-22-8-10-24(11-9-22)23-6-4-3-5-7-23/h3-11,14-15,18-19,28-29,39H,12-13,16-17,33H2,1-2H3,(H,34,35)(H,36,40)/t28-,29-/m0/s1. The Morgan fingerprint density at radius 1 is 1.05 bits per heavy atom. The fourth-order valence-electron chi connectivity index (χ4n) is 4.97. The van der Waals surface area contributed by atoms with E-state index in [2.05, 4.69) is 61.8 Å². The van der Waals surface area contributed by atoms with E-state index in [1.165, 1.54) is 0 Å². The molecule has 0 fully saturated rings. The van der Waals surface area contributed by atoms with E-state index < -0.39 is 12.1 Å². The van der Waals surface area contributed by atoms with E-state index >= 15 is 0 Å². The van der Waals surface area contributed by atoms with Crippen LogP contribution < -0.4 is 11.1 Å². The Labute approximate surface area is 238 Å². The number of aromatic hydroxyl groups is 1. The fourth-order valence-corrected chi connectivity index (χ4v) is 4.97. The summed E-state index contributed by atoms with van der Waals surface area (Å²) in [4.78, 5) is 25.0. The van der Waals surface area contributed by atoms with Crippen LogP contribution in [0.15, 0.2) is 83.8 Å². The fraction of sp³-hybridized carbons (Fsp3) is 0.250. The molecule has 0 radical (unpaired) electrons. The van der Waals surface area contributed by atoms with Gasteiger partial charge in [0.05, 0.1) is 12.4 Å².